The van der Waals surface area contributed by atoms with Crippen molar-refractivity contribution in [3.05, 3.63) is 90.1 Å². The maximum absolute atomic E-state index is 5.51. The van der Waals surface area contributed by atoms with Gasteiger partial charge in [0.25, 0.3) is 0 Å². The van der Waals surface area contributed by atoms with Crippen LogP contribution in [0, 0.1) is 6.92 Å². The third-order valence-electron chi connectivity index (χ3n) is 3.86. The molecule has 2 aromatic rings. The first-order chi connectivity index (χ1) is 12.6. The summed E-state index contributed by atoms with van der Waals surface area (Å²) in [5.41, 5.74) is 5.14. The smallest absolute Gasteiger partial charge is 0.145 e. The van der Waals surface area contributed by atoms with Crippen molar-refractivity contribution in [2.24, 2.45) is 15.0 Å². The summed E-state index contributed by atoms with van der Waals surface area (Å²) < 4.78 is 5.51. The molecular weight excluding hydrogens is 322 g/mol. The highest BCUT2D eigenvalue weighted by atomic mass is 16.3. The van der Waals surface area contributed by atoms with Gasteiger partial charge in [-0.25, -0.2) is 4.99 Å². The van der Waals surface area contributed by atoms with Gasteiger partial charge in [0.05, 0.1) is 29.0 Å². The highest BCUT2D eigenvalue weighted by Crippen LogP contribution is 2.26. The Kier molecular flexibility index (Phi) is 5.04. The first kappa shape index (κ1) is 17.3. The number of benzene rings is 1. The zero-order valence-electron chi connectivity index (χ0n) is 14.6. The normalized spacial score (nSPS) is 15.5. The molecule has 1 aliphatic carbocycles. The fraction of sp³-hybridized carbons (Fsp3) is 0.0455. The molecule has 0 unspecified atom stereocenters. The molecule has 4 heteroatoms. The number of allylic oxidation sites excluding steroid dienone is 4. The quantitative estimate of drug-likeness (QED) is 0.637. The lowest BCUT2D eigenvalue weighted by molar-refractivity contribution is 0.550. The molecule has 4 nitrogen and oxygen atoms in total. The Morgan fingerprint density at radius 1 is 1.08 bits per heavy atom. The highest BCUT2D eigenvalue weighted by molar-refractivity contribution is 6.12. The van der Waals surface area contributed by atoms with E-state index in [1.165, 1.54) is 0 Å². The minimum atomic E-state index is 0.672. The lowest BCUT2D eigenvalue weighted by atomic mass is 10.0. The number of nitrogens with zero attached hydrogens (tertiary/aromatic N) is 3. The van der Waals surface area contributed by atoms with Crippen LogP contribution in [0.15, 0.2) is 92.4 Å². The molecule has 128 valence electrons. The molecule has 0 fully saturated rings. The van der Waals surface area contributed by atoms with E-state index in [9.17, 15) is 0 Å². The van der Waals surface area contributed by atoms with Crippen molar-refractivity contribution in [2.45, 2.75) is 6.92 Å². The predicted molar refractivity (Wildman–Crippen MR) is 110 cm³/mol. The number of hydrogen-bond acceptors (Lipinski definition) is 4. The first-order valence-corrected chi connectivity index (χ1v) is 8.10. The Labute approximate surface area is 153 Å². The SMILES string of the molecule is C=Cc1ccc(C=NC2=CC(=C)C(=Nc3ccc(N=C)cc3C)C=C2)o1. The molecule has 0 N–H and O–H groups in total. The molecule has 0 saturated heterocycles. The molecule has 0 aliphatic heterocycles. The number of aryl methyl sites for hydroxylation is 1. The summed E-state index contributed by atoms with van der Waals surface area (Å²) in [5, 5.41) is 0. The summed E-state index contributed by atoms with van der Waals surface area (Å²) in [6.45, 7) is 13.3. The Hall–Kier alpha value is -3.53. The van der Waals surface area contributed by atoms with Crippen LogP contribution in [0.2, 0.25) is 0 Å². The van der Waals surface area contributed by atoms with E-state index in [0.717, 1.165) is 33.9 Å². The molecule has 1 aliphatic rings. The van der Waals surface area contributed by atoms with Gasteiger partial charge in [0.1, 0.15) is 11.5 Å². The van der Waals surface area contributed by atoms with Gasteiger partial charge < -0.3 is 4.42 Å². The Balaban J connectivity index is 1.77. The van der Waals surface area contributed by atoms with Crippen LogP contribution in [0.1, 0.15) is 17.1 Å². The van der Waals surface area contributed by atoms with Gasteiger partial charge in [-0.3, -0.25) is 9.98 Å². The second-order valence-electron chi connectivity index (χ2n) is 5.76. The molecule has 0 atom stereocenters. The maximum atomic E-state index is 5.51. The monoisotopic (exact) mass is 341 g/mol. The summed E-state index contributed by atoms with van der Waals surface area (Å²) in [6.07, 6.45) is 9.02. The summed E-state index contributed by atoms with van der Waals surface area (Å²) >= 11 is 0. The largest absolute Gasteiger partial charge is 0.456 e. The van der Waals surface area contributed by atoms with Crippen LogP contribution in [-0.2, 0) is 0 Å². The van der Waals surface area contributed by atoms with E-state index < -0.39 is 0 Å². The fourth-order valence-corrected chi connectivity index (χ4v) is 2.44. The number of furan rings is 1. The molecule has 1 heterocycles. The van der Waals surface area contributed by atoms with Gasteiger partial charge in [0.15, 0.2) is 0 Å². The molecular formula is C22H19N3O. The minimum absolute atomic E-state index is 0.672. The fourth-order valence-electron chi connectivity index (χ4n) is 2.44. The summed E-state index contributed by atoms with van der Waals surface area (Å²) in [6, 6.07) is 9.46. The van der Waals surface area contributed by atoms with Gasteiger partial charge in [0, 0.05) is 0 Å². The van der Waals surface area contributed by atoms with Gasteiger partial charge in [-0.1, -0.05) is 13.2 Å². The Morgan fingerprint density at radius 2 is 1.88 bits per heavy atom. The van der Waals surface area contributed by atoms with Crippen molar-refractivity contribution >= 4 is 36.1 Å². The van der Waals surface area contributed by atoms with Crippen molar-refractivity contribution in [1.82, 2.24) is 0 Å². The second kappa shape index (κ2) is 7.57. The number of hydrogen-bond donors (Lipinski definition) is 0. The van der Waals surface area contributed by atoms with E-state index in [0.29, 0.717) is 11.5 Å². The maximum Gasteiger partial charge on any atom is 0.145 e. The molecule has 1 aromatic heterocycles. The van der Waals surface area contributed by atoms with Crippen LogP contribution in [0.5, 0.6) is 0 Å². The predicted octanol–water partition coefficient (Wildman–Crippen LogP) is 5.76. The van der Waals surface area contributed by atoms with Crippen molar-refractivity contribution in [2.75, 3.05) is 0 Å². The molecule has 0 saturated carbocycles. The highest BCUT2D eigenvalue weighted by Gasteiger charge is 2.08. The standard InChI is InChI=1S/C22H19N3O/c1-5-19-8-9-20(26-19)14-24-18-7-11-22(16(3)13-18)25-21-10-6-17(23-4)12-15(21)2/h5-14H,1,3-4H2,2H3. The molecule has 0 amide bonds. The summed E-state index contributed by atoms with van der Waals surface area (Å²) in [7, 11) is 0. The topological polar surface area (TPSA) is 50.2 Å². The summed E-state index contributed by atoms with van der Waals surface area (Å²) in [4.78, 5) is 13.0. The van der Waals surface area contributed by atoms with Crippen LogP contribution in [0.25, 0.3) is 6.08 Å². The molecule has 0 radical (unpaired) electrons. The Morgan fingerprint density at radius 3 is 2.54 bits per heavy atom. The summed E-state index contributed by atoms with van der Waals surface area (Å²) in [5.74, 6) is 1.39. The third-order valence-corrected chi connectivity index (χ3v) is 3.86. The van der Waals surface area contributed by atoms with Crippen LogP contribution in [-0.4, -0.2) is 18.6 Å². The van der Waals surface area contributed by atoms with E-state index in [1.54, 1.807) is 12.3 Å². The van der Waals surface area contributed by atoms with Gasteiger partial charge in [-0.2, -0.15) is 0 Å². The zero-order chi connectivity index (χ0) is 18.5. The van der Waals surface area contributed by atoms with Crippen molar-refractivity contribution in [3.8, 4) is 0 Å². The Bertz CT molecular complexity index is 1000. The van der Waals surface area contributed by atoms with Crippen LogP contribution < -0.4 is 0 Å². The van der Waals surface area contributed by atoms with Crippen LogP contribution in [0.4, 0.5) is 11.4 Å². The van der Waals surface area contributed by atoms with Gasteiger partial charge >= 0.3 is 0 Å². The minimum Gasteiger partial charge on any atom is -0.456 e. The van der Waals surface area contributed by atoms with Crippen molar-refractivity contribution in [1.29, 1.82) is 0 Å². The van der Waals surface area contributed by atoms with E-state index in [-0.39, 0.29) is 0 Å². The molecule has 3 rings (SSSR count). The van der Waals surface area contributed by atoms with Gasteiger partial charge in [0.2, 0.25) is 0 Å². The lowest BCUT2D eigenvalue weighted by Crippen LogP contribution is -2.01. The van der Waals surface area contributed by atoms with Gasteiger partial charge in [-0.15, -0.1) is 0 Å². The molecule has 26 heavy (non-hydrogen) atoms. The van der Waals surface area contributed by atoms with Gasteiger partial charge in [-0.05, 0) is 79.4 Å². The molecule has 0 bridgehead atoms. The molecule has 0 spiro atoms. The number of aliphatic imine (C=N–C) groups is 3. The van der Waals surface area contributed by atoms with Crippen LogP contribution in [0.3, 0.4) is 0 Å². The van der Waals surface area contributed by atoms with Crippen molar-refractivity contribution in [3.63, 3.8) is 0 Å². The average molecular weight is 341 g/mol. The van der Waals surface area contributed by atoms with E-state index in [2.05, 4.69) is 34.9 Å². The van der Waals surface area contributed by atoms with E-state index in [4.69, 9.17) is 4.42 Å². The second-order valence-corrected chi connectivity index (χ2v) is 5.76. The van der Waals surface area contributed by atoms with Crippen molar-refractivity contribution < 1.29 is 4.42 Å². The zero-order valence-corrected chi connectivity index (χ0v) is 14.6. The third kappa shape index (κ3) is 3.92. The first-order valence-electron chi connectivity index (χ1n) is 8.10. The van der Waals surface area contributed by atoms with Crippen LogP contribution >= 0.6 is 0 Å². The number of rotatable bonds is 5. The lowest BCUT2D eigenvalue weighted by Gasteiger charge is -2.09. The molecule has 1 aromatic carbocycles. The average Bonchev–Trinajstić information content (AvgIpc) is 3.11. The van der Waals surface area contributed by atoms with E-state index in [1.807, 2.05) is 55.5 Å². The van der Waals surface area contributed by atoms with E-state index >= 15 is 0 Å².